The Hall–Kier alpha value is -1.39. The molecular formula is C12H13NO2S. The first-order chi connectivity index (χ1) is 7.77. The van der Waals surface area contributed by atoms with E-state index in [-0.39, 0.29) is 12.4 Å². The topological polar surface area (TPSA) is 31.2 Å². The third-order valence-electron chi connectivity index (χ3n) is 2.29. The number of carbonyl (C=O) groups excluding carboxylic acids is 1. The van der Waals surface area contributed by atoms with E-state index in [9.17, 15) is 4.79 Å². The van der Waals surface area contributed by atoms with Crippen LogP contribution in [-0.4, -0.2) is 17.0 Å². The summed E-state index contributed by atoms with van der Waals surface area (Å²) in [7, 11) is 1.85. The standard InChI is InChI=1S/C12H13NO2S/c1-13-6-2-5-11(13)12(14)9-15-8-10-4-3-7-16-10/h2-7H,8-9H2,1H3. The van der Waals surface area contributed by atoms with Gasteiger partial charge in [0.05, 0.1) is 12.3 Å². The highest BCUT2D eigenvalue weighted by atomic mass is 32.1. The van der Waals surface area contributed by atoms with Crippen LogP contribution in [0.1, 0.15) is 15.4 Å². The van der Waals surface area contributed by atoms with Gasteiger partial charge in [0.15, 0.2) is 0 Å². The summed E-state index contributed by atoms with van der Waals surface area (Å²) in [6.07, 6.45) is 1.85. The lowest BCUT2D eigenvalue weighted by atomic mass is 10.3. The van der Waals surface area contributed by atoms with Crippen molar-refractivity contribution in [1.29, 1.82) is 0 Å². The Balaban J connectivity index is 1.83. The van der Waals surface area contributed by atoms with Crippen molar-refractivity contribution in [3.05, 3.63) is 46.4 Å². The molecule has 0 saturated carbocycles. The molecule has 0 bridgehead atoms. The lowest BCUT2D eigenvalue weighted by Crippen LogP contribution is -2.12. The molecule has 0 N–H and O–H groups in total. The summed E-state index contributed by atoms with van der Waals surface area (Å²) in [5.74, 6) is 0.0176. The first kappa shape index (κ1) is 11.1. The van der Waals surface area contributed by atoms with E-state index in [2.05, 4.69) is 0 Å². The number of ketones is 1. The number of thiophene rings is 1. The van der Waals surface area contributed by atoms with Gasteiger partial charge >= 0.3 is 0 Å². The summed E-state index contributed by atoms with van der Waals surface area (Å²) < 4.78 is 7.17. The lowest BCUT2D eigenvalue weighted by Gasteiger charge is -2.03. The summed E-state index contributed by atoms with van der Waals surface area (Å²) >= 11 is 1.63. The maximum atomic E-state index is 11.7. The van der Waals surface area contributed by atoms with Crippen molar-refractivity contribution in [2.24, 2.45) is 7.05 Å². The molecule has 2 aromatic rings. The van der Waals surface area contributed by atoms with E-state index in [1.54, 1.807) is 22.0 Å². The van der Waals surface area contributed by atoms with Crippen molar-refractivity contribution in [3.8, 4) is 0 Å². The summed E-state index contributed by atoms with van der Waals surface area (Å²) in [4.78, 5) is 12.9. The summed E-state index contributed by atoms with van der Waals surface area (Å²) in [5.41, 5.74) is 0.686. The van der Waals surface area contributed by atoms with Crippen LogP contribution in [0.25, 0.3) is 0 Å². The van der Waals surface area contributed by atoms with E-state index in [0.717, 1.165) is 4.88 Å². The maximum absolute atomic E-state index is 11.7. The zero-order valence-electron chi connectivity index (χ0n) is 9.05. The number of Topliss-reactive ketones (excluding diaryl/α,β-unsaturated/α-hetero) is 1. The van der Waals surface area contributed by atoms with Gasteiger partial charge in [0.1, 0.15) is 6.61 Å². The predicted molar refractivity (Wildman–Crippen MR) is 63.7 cm³/mol. The zero-order valence-corrected chi connectivity index (χ0v) is 9.87. The molecule has 0 radical (unpaired) electrons. The van der Waals surface area contributed by atoms with Crippen molar-refractivity contribution < 1.29 is 9.53 Å². The average molecular weight is 235 g/mol. The number of aryl methyl sites for hydroxylation is 1. The fraction of sp³-hybridized carbons (Fsp3) is 0.250. The number of ether oxygens (including phenoxy) is 1. The first-order valence-corrected chi connectivity index (χ1v) is 5.90. The second-order valence-corrected chi connectivity index (χ2v) is 4.53. The Morgan fingerprint density at radius 3 is 2.94 bits per heavy atom. The Labute approximate surface area is 98.3 Å². The van der Waals surface area contributed by atoms with Crippen molar-refractivity contribution in [2.75, 3.05) is 6.61 Å². The summed E-state index contributed by atoms with van der Waals surface area (Å²) in [5, 5.41) is 2.00. The number of nitrogens with zero attached hydrogens (tertiary/aromatic N) is 1. The van der Waals surface area contributed by atoms with Crippen molar-refractivity contribution in [3.63, 3.8) is 0 Å². The number of aromatic nitrogens is 1. The highest BCUT2D eigenvalue weighted by molar-refractivity contribution is 7.09. The van der Waals surface area contributed by atoms with Crippen LogP contribution < -0.4 is 0 Å². The Bertz CT molecular complexity index is 459. The molecule has 0 unspecified atom stereocenters. The van der Waals surface area contributed by atoms with Crippen molar-refractivity contribution >= 4 is 17.1 Å². The summed E-state index contributed by atoms with van der Waals surface area (Å²) in [6.45, 7) is 0.642. The van der Waals surface area contributed by atoms with Crippen LogP contribution in [0, 0.1) is 0 Å². The van der Waals surface area contributed by atoms with Gasteiger partial charge in [0, 0.05) is 18.1 Å². The third kappa shape index (κ3) is 2.59. The first-order valence-electron chi connectivity index (χ1n) is 5.02. The monoisotopic (exact) mass is 235 g/mol. The van der Waals surface area contributed by atoms with Crippen LogP contribution >= 0.6 is 11.3 Å². The lowest BCUT2D eigenvalue weighted by molar-refractivity contribution is 0.0723. The van der Waals surface area contributed by atoms with E-state index >= 15 is 0 Å². The van der Waals surface area contributed by atoms with E-state index < -0.39 is 0 Å². The van der Waals surface area contributed by atoms with Gasteiger partial charge < -0.3 is 9.30 Å². The average Bonchev–Trinajstić information content (AvgIpc) is 2.88. The molecule has 0 atom stereocenters. The number of hydrogen-bond donors (Lipinski definition) is 0. The molecule has 3 nitrogen and oxygen atoms in total. The van der Waals surface area contributed by atoms with Gasteiger partial charge in [-0.15, -0.1) is 11.3 Å². The molecule has 2 heterocycles. The van der Waals surface area contributed by atoms with Crippen LogP contribution in [0.3, 0.4) is 0 Å². The molecular weight excluding hydrogens is 222 g/mol. The van der Waals surface area contributed by atoms with Crippen LogP contribution in [0.5, 0.6) is 0 Å². The molecule has 0 fully saturated rings. The highest BCUT2D eigenvalue weighted by Crippen LogP contribution is 2.10. The van der Waals surface area contributed by atoms with E-state index in [4.69, 9.17) is 4.74 Å². The molecule has 16 heavy (non-hydrogen) atoms. The van der Waals surface area contributed by atoms with Gasteiger partial charge in [-0.25, -0.2) is 0 Å². The van der Waals surface area contributed by atoms with Crippen LogP contribution in [-0.2, 0) is 18.4 Å². The van der Waals surface area contributed by atoms with E-state index in [0.29, 0.717) is 12.3 Å². The normalized spacial score (nSPS) is 10.6. The fourth-order valence-electron chi connectivity index (χ4n) is 1.46. The van der Waals surface area contributed by atoms with Gasteiger partial charge in [-0.1, -0.05) is 6.07 Å². The minimum atomic E-state index is 0.0176. The van der Waals surface area contributed by atoms with Crippen molar-refractivity contribution in [2.45, 2.75) is 6.61 Å². The minimum Gasteiger partial charge on any atom is -0.368 e. The Morgan fingerprint density at radius 2 is 2.31 bits per heavy atom. The second-order valence-electron chi connectivity index (χ2n) is 3.50. The number of rotatable bonds is 5. The van der Waals surface area contributed by atoms with Crippen LogP contribution in [0.2, 0.25) is 0 Å². The fourth-order valence-corrected chi connectivity index (χ4v) is 2.10. The molecule has 4 heteroatoms. The Morgan fingerprint density at radius 1 is 1.44 bits per heavy atom. The van der Waals surface area contributed by atoms with Gasteiger partial charge in [-0.05, 0) is 23.6 Å². The molecule has 2 aromatic heterocycles. The smallest absolute Gasteiger partial charge is 0.204 e. The molecule has 0 aliphatic rings. The molecule has 2 rings (SSSR count). The molecule has 0 saturated heterocycles. The number of carbonyl (C=O) groups is 1. The predicted octanol–water partition coefficient (Wildman–Crippen LogP) is 2.49. The van der Waals surface area contributed by atoms with Gasteiger partial charge in [0.2, 0.25) is 5.78 Å². The molecule has 84 valence electrons. The third-order valence-corrected chi connectivity index (χ3v) is 3.14. The van der Waals surface area contributed by atoms with E-state index in [1.807, 2.05) is 36.8 Å². The molecule has 0 amide bonds. The van der Waals surface area contributed by atoms with Crippen molar-refractivity contribution in [1.82, 2.24) is 4.57 Å². The zero-order chi connectivity index (χ0) is 11.4. The van der Waals surface area contributed by atoms with Gasteiger partial charge in [0.25, 0.3) is 0 Å². The second kappa shape index (κ2) is 5.09. The maximum Gasteiger partial charge on any atom is 0.204 e. The Kier molecular flexibility index (Phi) is 3.54. The SMILES string of the molecule is Cn1cccc1C(=O)COCc1cccs1. The molecule has 0 aliphatic heterocycles. The quantitative estimate of drug-likeness (QED) is 0.745. The largest absolute Gasteiger partial charge is 0.368 e. The van der Waals surface area contributed by atoms with Crippen LogP contribution in [0.4, 0.5) is 0 Å². The highest BCUT2D eigenvalue weighted by Gasteiger charge is 2.08. The van der Waals surface area contributed by atoms with Gasteiger partial charge in [-0.2, -0.15) is 0 Å². The molecule has 0 aliphatic carbocycles. The molecule has 0 aromatic carbocycles. The van der Waals surface area contributed by atoms with E-state index in [1.165, 1.54) is 0 Å². The molecule has 0 spiro atoms. The summed E-state index contributed by atoms with van der Waals surface area (Å²) in [6, 6.07) is 7.63. The minimum absolute atomic E-state index is 0.0176. The van der Waals surface area contributed by atoms with Crippen LogP contribution in [0.15, 0.2) is 35.8 Å². The number of hydrogen-bond acceptors (Lipinski definition) is 3. The van der Waals surface area contributed by atoms with Gasteiger partial charge in [-0.3, -0.25) is 4.79 Å².